The number of carbonyl (C=O) groups is 2. The second kappa shape index (κ2) is 6.31. The Bertz CT molecular complexity index is 603. The van der Waals surface area contributed by atoms with Crippen LogP contribution < -0.4 is 16.4 Å². The lowest BCUT2D eigenvalue weighted by Gasteiger charge is -2.22. The quantitative estimate of drug-likeness (QED) is 0.202. The Morgan fingerprint density at radius 2 is 2.29 bits per heavy atom. The van der Waals surface area contributed by atoms with Gasteiger partial charge < -0.3 is 16.3 Å². The van der Waals surface area contributed by atoms with Gasteiger partial charge in [0.25, 0.3) is 0 Å². The first kappa shape index (κ1) is 14.9. The van der Waals surface area contributed by atoms with Gasteiger partial charge in [0, 0.05) is 18.5 Å². The molecule has 0 radical (unpaired) electrons. The number of benzene rings is 1. The van der Waals surface area contributed by atoms with Gasteiger partial charge in [0.05, 0.1) is 6.04 Å². The maximum Gasteiger partial charge on any atom is 0.243 e. The Morgan fingerprint density at radius 3 is 2.95 bits per heavy atom. The molecule has 7 nitrogen and oxygen atoms in total. The number of oxime groups is 1. The fourth-order valence-corrected chi connectivity index (χ4v) is 2.12. The van der Waals surface area contributed by atoms with Crippen molar-refractivity contribution in [1.29, 1.82) is 0 Å². The van der Waals surface area contributed by atoms with Crippen LogP contribution in [0.2, 0.25) is 0 Å². The van der Waals surface area contributed by atoms with E-state index in [1.807, 2.05) is 0 Å². The van der Waals surface area contributed by atoms with Crippen LogP contribution in [-0.2, 0) is 16.1 Å². The summed E-state index contributed by atoms with van der Waals surface area (Å²) in [5.41, 5.74) is 6.33. The molecule has 112 valence electrons. The van der Waals surface area contributed by atoms with E-state index in [1.54, 1.807) is 0 Å². The van der Waals surface area contributed by atoms with E-state index in [4.69, 9.17) is 10.9 Å². The second-order valence-electron chi connectivity index (χ2n) is 4.67. The third-order valence-electron chi connectivity index (χ3n) is 3.23. The van der Waals surface area contributed by atoms with Gasteiger partial charge in [-0.25, -0.2) is 4.39 Å². The summed E-state index contributed by atoms with van der Waals surface area (Å²) in [4.78, 5) is 22.7. The van der Waals surface area contributed by atoms with E-state index in [9.17, 15) is 14.0 Å². The Kier molecular flexibility index (Phi) is 4.49. The number of hydrogen-bond donors (Lipinski definition) is 4. The summed E-state index contributed by atoms with van der Waals surface area (Å²) in [6, 6.07) is 3.38. The largest absolute Gasteiger partial charge is 0.409 e. The van der Waals surface area contributed by atoms with Crippen molar-refractivity contribution in [2.75, 3.05) is 0 Å². The van der Waals surface area contributed by atoms with Crippen LogP contribution in [0.5, 0.6) is 0 Å². The predicted octanol–water partition coefficient (Wildman–Crippen LogP) is -0.185. The van der Waals surface area contributed by atoms with Gasteiger partial charge in [-0.05, 0) is 24.1 Å². The Morgan fingerprint density at radius 1 is 1.52 bits per heavy atom. The summed E-state index contributed by atoms with van der Waals surface area (Å²) in [5.74, 6) is -1.41. The predicted molar refractivity (Wildman–Crippen MR) is 71.9 cm³/mol. The van der Waals surface area contributed by atoms with Gasteiger partial charge in [-0.2, -0.15) is 0 Å². The number of nitrogens with two attached hydrogens (primary N) is 1. The minimum atomic E-state index is -0.513. The molecule has 1 aromatic carbocycles. The van der Waals surface area contributed by atoms with Crippen LogP contribution in [0.25, 0.3) is 0 Å². The molecular formula is C13H15FN4O3. The molecule has 5 N–H and O–H groups in total. The number of carbonyl (C=O) groups excluding carboxylic acids is 2. The van der Waals surface area contributed by atoms with Crippen LogP contribution in [-0.4, -0.2) is 28.9 Å². The summed E-state index contributed by atoms with van der Waals surface area (Å²) >= 11 is 0. The van der Waals surface area contributed by atoms with Crippen molar-refractivity contribution in [1.82, 2.24) is 10.6 Å². The summed E-state index contributed by atoms with van der Waals surface area (Å²) in [6.07, 6.45) is 0.657. The Hall–Kier alpha value is -2.48. The SMILES string of the molecule is NC(=NO)c1cc(F)ccc1CNC1CCC(=O)NC1=O. The van der Waals surface area contributed by atoms with Gasteiger partial charge in [-0.1, -0.05) is 11.2 Å². The highest BCUT2D eigenvalue weighted by Crippen LogP contribution is 2.13. The maximum absolute atomic E-state index is 13.2. The van der Waals surface area contributed by atoms with Gasteiger partial charge in [-0.15, -0.1) is 0 Å². The fraction of sp³-hybridized carbons (Fsp3) is 0.308. The van der Waals surface area contributed by atoms with E-state index < -0.39 is 17.8 Å². The molecule has 1 aliphatic heterocycles. The first-order valence-electron chi connectivity index (χ1n) is 6.34. The van der Waals surface area contributed by atoms with E-state index in [-0.39, 0.29) is 30.3 Å². The number of amides is 2. The smallest absolute Gasteiger partial charge is 0.243 e. The van der Waals surface area contributed by atoms with Gasteiger partial charge in [-0.3, -0.25) is 14.9 Å². The third-order valence-corrected chi connectivity index (χ3v) is 3.23. The van der Waals surface area contributed by atoms with Crippen LogP contribution in [0, 0.1) is 5.82 Å². The van der Waals surface area contributed by atoms with Crippen molar-refractivity contribution in [3.8, 4) is 0 Å². The zero-order chi connectivity index (χ0) is 15.4. The lowest BCUT2D eigenvalue weighted by atomic mass is 10.0. The number of amidine groups is 1. The normalized spacial score (nSPS) is 19.5. The molecule has 2 amide bonds. The van der Waals surface area contributed by atoms with Crippen molar-refractivity contribution in [3.63, 3.8) is 0 Å². The van der Waals surface area contributed by atoms with Gasteiger partial charge >= 0.3 is 0 Å². The lowest BCUT2D eigenvalue weighted by molar-refractivity contribution is -0.134. The summed E-state index contributed by atoms with van der Waals surface area (Å²) in [5, 5.41) is 16.8. The fourth-order valence-electron chi connectivity index (χ4n) is 2.12. The Labute approximate surface area is 120 Å². The van der Waals surface area contributed by atoms with Gasteiger partial charge in [0.2, 0.25) is 11.8 Å². The molecule has 1 aromatic rings. The number of piperidine rings is 1. The highest BCUT2D eigenvalue weighted by molar-refractivity contribution is 6.00. The molecule has 1 aliphatic rings. The van der Waals surface area contributed by atoms with Crippen LogP contribution in [0.3, 0.4) is 0 Å². The number of hydrogen-bond acceptors (Lipinski definition) is 5. The molecule has 2 rings (SSSR count). The summed E-state index contributed by atoms with van der Waals surface area (Å²) in [6.45, 7) is 0.220. The molecule has 0 spiro atoms. The van der Waals surface area contributed by atoms with Crippen molar-refractivity contribution < 1.29 is 19.2 Å². The first-order chi connectivity index (χ1) is 10.0. The molecule has 0 aliphatic carbocycles. The van der Waals surface area contributed by atoms with Crippen LogP contribution in [0.4, 0.5) is 4.39 Å². The number of halogens is 1. The number of rotatable bonds is 4. The highest BCUT2D eigenvalue weighted by Gasteiger charge is 2.26. The molecule has 1 fully saturated rings. The molecular weight excluding hydrogens is 279 g/mol. The third kappa shape index (κ3) is 3.54. The van der Waals surface area contributed by atoms with Crippen molar-refractivity contribution in [3.05, 3.63) is 35.1 Å². The molecule has 1 saturated heterocycles. The van der Waals surface area contributed by atoms with E-state index in [0.29, 0.717) is 12.0 Å². The van der Waals surface area contributed by atoms with Crippen LogP contribution in [0.1, 0.15) is 24.0 Å². The second-order valence-corrected chi connectivity index (χ2v) is 4.67. The van der Waals surface area contributed by atoms with Gasteiger partial charge in [0.1, 0.15) is 5.82 Å². The maximum atomic E-state index is 13.2. The van der Waals surface area contributed by atoms with E-state index in [1.165, 1.54) is 12.1 Å². The summed E-state index contributed by atoms with van der Waals surface area (Å²) in [7, 11) is 0. The first-order valence-corrected chi connectivity index (χ1v) is 6.34. The van der Waals surface area contributed by atoms with Crippen molar-refractivity contribution in [2.45, 2.75) is 25.4 Å². The molecule has 1 heterocycles. The minimum absolute atomic E-state index is 0.213. The number of nitrogens with one attached hydrogen (secondary N) is 2. The molecule has 21 heavy (non-hydrogen) atoms. The van der Waals surface area contributed by atoms with Gasteiger partial charge in [0.15, 0.2) is 5.84 Å². The topological polar surface area (TPSA) is 117 Å². The zero-order valence-electron chi connectivity index (χ0n) is 11.1. The van der Waals surface area contributed by atoms with E-state index in [2.05, 4.69) is 15.8 Å². The number of imide groups is 1. The lowest BCUT2D eigenvalue weighted by Crippen LogP contribution is -2.50. The number of nitrogens with zero attached hydrogens (tertiary/aromatic N) is 1. The average molecular weight is 294 g/mol. The van der Waals surface area contributed by atoms with Crippen molar-refractivity contribution >= 4 is 17.6 Å². The molecule has 0 bridgehead atoms. The minimum Gasteiger partial charge on any atom is -0.409 e. The summed E-state index contributed by atoms with van der Waals surface area (Å²) < 4.78 is 13.2. The zero-order valence-corrected chi connectivity index (χ0v) is 11.1. The molecule has 0 aromatic heterocycles. The highest BCUT2D eigenvalue weighted by atomic mass is 19.1. The van der Waals surface area contributed by atoms with Crippen LogP contribution >= 0.6 is 0 Å². The van der Waals surface area contributed by atoms with Crippen molar-refractivity contribution in [2.24, 2.45) is 10.9 Å². The molecule has 1 unspecified atom stereocenters. The van der Waals surface area contributed by atoms with Crippen LogP contribution in [0.15, 0.2) is 23.4 Å². The standard InChI is InChI=1S/C13H15FN4O3/c14-8-2-1-7(9(5-8)12(15)18-21)6-16-10-3-4-11(19)17-13(10)20/h1-2,5,10,16,21H,3-4,6H2,(H2,15,18)(H,17,19,20). The molecule has 1 atom stereocenters. The molecule has 8 heteroatoms. The average Bonchev–Trinajstić information content (AvgIpc) is 2.46. The molecule has 0 saturated carbocycles. The Balaban J connectivity index is 2.10. The van der Waals surface area contributed by atoms with E-state index >= 15 is 0 Å². The van der Waals surface area contributed by atoms with E-state index in [0.717, 1.165) is 6.07 Å². The monoisotopic (exact) mass is 294 g/mol.